The van der Waals surface area contributed by atoms with Crippen molar-refractivity contribution in [3.8, 4) is 5.82 Å². The van der Waals surface area contributed by atoms with Crippen LogP contribution in [0.5, 0.6) is 0 Å². The Labute approximate surface area is 246 Å². The number of imidazole rings is 1. The number of hydrogen-bond acceptors (Lipinski definition) is 5. The van der Waals surface area contributed by atoms with E-state index in [1.54, 1.807) is 40.8 Å². The Bertz CT molecular complexity index is 1940. The minimum atomic E-state index is -4.62. The van der Waals surface area contributed by atoms with E-state index in [2.05, 4.69) is 44.8 Å². The normalized spacial score (nSPS) is 15.6. The van der Waals surface area contributed by atoms with E-state index < -0.39 is 23.7 Å². The van der Waals surface area contributed by atoms with Gasteiger partial charge in [-0.2, -0.15) is 18.3 Å². The Balaban J connectivity index is 1.50. The quantitative estimate of drug-likeness (QED) is 0.264. The van der Waals surface area contributed by atoms with Crippen molar-refractivity contribution in [2.24, 2.45) is 13.0 Å². The molecule has 1 aliphatic rings. The van der Waals surface area contributed by atoms with Gasteiger partial charge in [0.05, 0.1) is 47.6 Å². The molecule has 5 aromatic rings. The highest BCUT2D eigenvalue weighted by Crippen LogP contribution is 2.36. The van der Waals surface area contributed by atoms with Crippen molar-refractivity contribution < 1.29 is 18.0 Å². The Kier molecular flexibility index (Phi) is 6.75. The van der Waals surface area contributed by atoms with Crippen LogP contribution in [0.15, 0.2) is 52.3 Å². The number of aryl methyl sites for hydroxylation is 1. The zero-order valence-electron chi connectivity index (χ0n) is 23.3. The molecule has 5 heterocycles. The highest BCUT2D eigenvalue weighted by molar-refractivity contribution is 9.10. The number of fused-ring (bicyclic) bond motifs is 4. The standard InChI is InChI=1S/C29H27BrF3N7O2/c1-15(2)7-18-11-36-40-24-13-38(27(41)17-5-6-21(30)20(9-17)29(31,32)33)16(3)8-19(24)28(42)39(26(18)40)25-10-22-23(12-34-25)37(4)14-35-22/h5-6,9-12,14-16H,7-8,13H2,1-4H3/t16-/m0/s1. The fourth-order valence-corrected chi connectivity index (χ4v) is 6.10. The fourth-order valence-electron chi connectivity index (χ4n) is 5.63. The van der Waals surface area contributed by atoms with Gasteiger partial charge in [-0.05, 0) is 43.9 Å². The molecular formula is C29H27BrF3N7O2. The van der Waals surface area contributed by atoms with Gasteiger partial charge in [0.2, 0.25) is 0 Å². The topological polar surface area (TPSA) is 90.3 Å². The van der Waals surface area contributed by atoms with Crippen LogP contribution in [0.25, 0.3) is 22.5 Å². The molecule has 0 bridgehead atoms. The highest BCUT2D eigenvalue weighted by atomic mass is 79.9. The number of amides is 1. The summed E-state index contributed by atoms with van der Waals surface area (Å²) in [5, 5.41) is 4.64. The van der Waals surface area contributed by atoms with E-state index in [9.17, 15) is 22.8 Å². The van der Waals surface area contributed by atoms with Crippen molar-refractivity contribution in [1.29, 1.82) is 0 Å². The number of hydrogen-bond donors (Lipinski definition) is 0. The van der Waals surface area contributed by atoms with Crippen LogP contribution >= 0.6 is 15.9 Å². The number of rotatable bonds is 4. The molecule has 1 aromatic carbocycles. The first-order valence-corrected chi connectivity index (χ1v) is 14.2. The number of benzene rings is 1. The minimum Gasteiger partial charge on any atom is -0.332 e. The lowest BCUT2D eigenvalue weighted by molar-refractivity contribution is -0.138. The second-order valence-electron chi connectivity index (χ2n) is 11.1. The lowest BCUT2D eigenvalue weighted by atomic mass is 9.97. The van der Waals surface area contributed by atoms with Gasteiger partial charge in [-0.3, -0.25) is 9.59 Å². The number of carbonyl (C=O) groups excluding carboxylic acids is 1. The van der Waals surface area contributed by atoms with Gasteiger partial charge in [0, 0.05) is 40.3 Å². The summed E-state index contributed by atoms with van der Waals surface area (Å²) >= 11 is 2.94. The maximum atomic E-state index is 14.2. The predicted octanol–water partition coefficient (Wildman–Crippen LogP) is 5.33. The van der Waals surface area contributed by atoms with E-state index in [1.807, 2.05) is 11.6 Å². The lowest BCUT2D eigenvalue weighted by Gasteiger charge is -2.35. The van der Waals surface area contributed by atoms with Gasteiger partial charge in [0.1, 0.15) is 11.5 Å². The molecule has 0 saturated carbocycles. The molecule has 42 heavy (non-hydrogen) atoms. The van der Waals surface area contributed by atoms with E-state index in [0.717, 1.165) is 17.1 Å². The molecule has 4 aromatic heterocycles. The third kappa shape index (κ3) is 4.59. The largest absolute Gasteiger partial charge is 0.417 e. The molecule has 1 aliphatic heterocycles. The van der Waals surface area contributed by atoms with Crippen LogP contribution in [0.2, 0.25) is 0 Å². The molecule has 6 rings (SSSR count). The van der Waals surface area contributed by atoms with Crippen molar-refractivity contribution in [3.63, 3.8) is 0 Å². The Morgan fingerprint density at radius 3 is 2.64 bits per heavy atom. The van der Waals surface area contributed by atoms with Crippen molar-refractivity contribution >= 4 is 38.5 Å². The van der Waals surface area contributed by atoms with Crippen LogP contribution in [-0.2, 0) is 32.6 Å². The number of nitrogens with zero attached hydrogens (tertiary/aromatic N) is 7. The second-order valence-corrected chi connectivity index (χ2v) is 12.0. The van der Waals surface area contributed by atoms with E-state index in [-0.39, 0.29) is 34.5 Å². The van der Waals surface area contributed by atoms with Crippen LogP contribution < -0.4 is 5.56 Å². The van der Waals surface area contributed by atoms with Gasteiger partial charge in [-0.1, -0.05) is 29.8 Å². The fraction of sp³-hybridized carbons (Fsp3) is 0.345. The van der Waals surface area contributed by atoms with Gasteiger partial charge in [0.25, 0.3) is 11.5 Å². The molecule has 0 radical (unpaired) electrons. The maximum Gasteiger partial charge on any atom is 0.417 e. The highest BCUT2D eigenvalue weighted by Gasteiger charge is 2.36. The zero-order valence-corrected chi connectivity index (χ0v) is 24.9. The molecule has 9 nitrogen and oxygen atoms in total. The Morgan fingerprint density at radius 2 is 1.93 bits per heavy atom. The molecule has 0 N–H and O–H groups in total. The van der Waals surface area contributed by atoms with Crippen LogP contribution in [0.3, 0.4) is 0 Å². The van der Waals surface area contributed by atoms with Gasteiger partial charge in [-0.15, -0.1) is 0 Å². The summed E-state index contributed by atoms with van der Waals surface area (Å²) in [7, 11) is 1.87. The van der Waals surface area contributed by atoms with Crippen LogP contribution in [-0.4, -0.2) is 45.6 Å². The smallest absolute Gasteiger partial charge is 0.332 e. The summed E-state index contributed by atoms with van der Waals surface area (Å²) in [6, 6.07) is 4.76. The number of pyridine rings is 1. The molecule has 1 amide bonds. The van der Waals surface area contributed by atoms with Crippen molar-refractivity contribution in [1.82, 2.24) is 33.6 Å². The van der Waals surface area contributed by atoms with Crippen LogP contribution in [0, 0.1) is 5.92 Å². The Morgan fingerprint density at radius 1 is 1.17 bits per heavy atom. The molecule has 0 fully saturated rings. The predicted molar refractivity (Wildman–Crippen MR) is 154 cm³/mol. The van der Waals surface area contributed by atoms with E-state index in [4.69, 9.17) is 0 Å². The molecular weight excluding hydrogens is 615 g/mol. The summed E-state index contributed by atoms with van der Waals surface area (Å²) in [6.45, 7) is 5.93. The average molecular weight is 642 g/mol. The van der Waals surface area contributed by atoms with Crippen LogP contribution in [0.4, 0.5) is 13.2 Å². The first-order chi connectivity index (χ1) is 19.8. The van der Waals surface area contributed by atoms with Gasteiger partial charge in [-0.25, -0.2) is 19.1 Å². The van der Waals surface area contributed by atoms with Gasteiger partial charge >= 0.3 is 6.18 Å². The molecule has 0 unspecified atom stereocenters. The number of aromatic nitrogens is 6. The molecule has 13 heteroatoms. The molecule has 218 valence electrons. The molecule has 0 aliphatic carbocycles. The van der Waals surface area contributed by atoms with Crippen LogP contribution in [0.1, 0.15) is 53.5 Å². The summed E-state index contributed by atoms with van der Waals surface area (Å²) in [5.74, 6) is 0.118. The van der Waals surface area contributed by atoms with Gasteiger partial charge in [0.15, 0.2) is 0 Å². The molecule has 0 spiro atoms. The van der Waals surface area contributed by atoms with E-state index in [0.29, 0.717) is 34.7 Å². The summed E-state index contributed by atoms with van der Waals surface area (Å²) in [6.07, 6.45) is 1.30. The number of alkyl halides is 3. The summed E-state index contributed by atoms with van der Waals surface area (Å²) in [5.41, 5.74) is 2.62. The van der Waals surface area contributed by atoms with Crippen molar-refractivity contribution in [2.75, 3.05) is 0 Å². The lowest BCUT2D eigenvalue weighted by Crippen LogP contribution is -2.46. The number of carbonyl (C=O) groups is 1. The zero-order chi connectivity index (χ0) is 30.1. The summed E-state index contributed by atoms with van der Waals surface area (Å²) < 4.78 is 45.7. The Hall–Kier alpha value is -4.00. The SMILES string of the molecule is CC(C)Cc1cnn2c3c(c(=O)n(-c4cc5ncn(C)c5cn4)c12)C[C@H](C)N(C(=O)c1ccc(Br)c(C(F)(F)F)c1)C3. The van der Waals surface area contributed by atoms with Gasteiger partial charge < -0.3 is 9.47 Å². The monoisotopic (exact) mass is 641 g/mol. The minimum absolute atomic E-state index is 0.00876. The first kappa shape index (κ1) is 28.1. The second kappa shape index (κ2) is 10.1. The summed E-state index contributed by atoms with van der Waals surface area (Å²) in [4.78, 5) is 38.4. The van der Waals surface area contributed by atoms with E-state index in [1.165, 1.54) is 17.0 Å². The molecule has 0 saturated heterocycles. The third-order valence-electron chi connectivity index (χ3n) is 7.68. The van der Waals surface area contributed by atoms with Crippen molar-refractivity contribution in [2.45, 2.75) is 52.4 Å². The third-order valence-corrected chi connectivity index (χ3v) is 8.37. The average Bonchev–Trinajstić information content (AvgIpc) is 3.50. The molecule has 1 atom stereocenters. The number of halogens is 4. The first-order valence-electron chi connectivity index (χ1n) is 13.4. The maximum absolute atomic E-state index is 14.2. The van der Waals surface area contributed by atoms with Crippen molar-refractivity contribution in [3.05, 3.63) is 85.8 Å². The van der Waals surface area contributed by atoms with E-state index >= 15 is 0 Å².